The van der Waals surface area contributed by atoms with Crippen molar-refractivity contribution in [2.45, 2.75) is 70.0 Å². The Bertz CT molecular complexity index is 1180. The quantitative estimate of drug-likeness (QED) is 0.252. The number of ketones is 1. The first-order chi connectivity index (χ1) is 16.0. The van der Waals surface area contributed by atoms with Crippen LogP contribution in [0.3, 0.4) is 0 Å². The van der Waals surface area contributed by atoms with Crippen LogP contribution in [-0.2, 0) is 36.8 Å². The van der Waals surface area contributed by atoms with E-state index in [-0.39, 0.29) is 12.0 Å². The van der Waals surface area contributed by atoms with Crippen molar-refractivity contribution in [1.29, 1.82) is 0 Å². The van der Waals surface area contributed by atoms with Gasteiger partial charge in [0.1, 0.15) is 24.0 Å². The Balaban J connectivity index is 1.58. The zero-order valence-electron chi connectivity index (χ0n) is 18.8. The van der Waals surface area contributed by atoms with Crippen molar-refractivity contribution in [3.8, 4) is 0 Å². The monoisotopic (exact) mass is 544 g/mol. The molecule has 8 atom stereocenters. The van der Waals surface area contributed by atoms with Crippen molar-refractivity contribution >= 4 is 21.4 Å². The van der Waals surface area contributed by atoms with Crippen molar-refractivity contribution in [2.75, 3.05) is 6.61 Å². The van der Waals surface area contributed by atoms with Gasteiger partial charge in [-0.2, -0.15) is 4.31 Å². The van der Waals surface area contributed by atoms with Crippen molar-refractivity contribution < 1.29 is 56.8 Å². The molecular formula is C17H26N2O14P2. The number of carbonyl (C=O) groups excluding carboxylic acids is 1. The molecule has 0 radical (unpaired) electrons. The number of aromatic nitrogens is 2. The molecule has 198 valence electrons. The molecule has 5 N–H and O–H groups in total. The standard InChI is InChI=1S/C17H26N2O14P2/c1-8-6-19(16(23)18-15(8)22)12-4-10(20)11(31-12)7-29-34(25,26)33-35(27,28)32-13-5-17(3,24)14(21)9(2)30-13/h6,9-13,20,24H,4-5,7H2,1-3H3,(H,25,26)(H,27,28)(H,18,22,23). The zero-order valence-corrected chi connectivity index (χ0v) is 20.6. The van der Waals surface area contributed by atoms with Crippen molar-refractivity contribution in [3.05, 3.63) is 32.6 Å². The Morgan fingerprint density at radius 1 is 1.23 bits per heavy atom. The van der Waals surface area contributed by atoms with E-state index in [9.17, 15) is 43.5 Å². The second kappa shape index (κ2) is 10.1. The highest BCUT2D eigenvalue weighted by Gasteiger charge is 2.47. The molecule has 2 fully saturated rings. The third-order valence-corrected chi connectivity index (χ3v) is 7.97. The van der Waals surface area contributed by atoms with Crippen molar-refractivity contribution in [3.63, 3.8) is 0 Å². The summed E-state index contributed by atoms with van der Waals surface area (Å²) in [5.74, 6) is -0.685. The van der Waals surface area contributed by atoms with Crippen LogP contribution in [0.4, 0.5) is 0 Å². The maximum atomic E-state index is 12.2. The van der Waals surface area contributed by atoms with E-state index in [4.69, 9.17) is 9.47 Å². The third-order valence-electron chi connectivity index (χ3n) is 5.34. The summed E-state index contributed by atoms with van der Waals surface area (Å²) in [6.07, 6.45) is -5.81. The number of aryl methyl sites for hydroxylation is 1. The predicted octanol–water partition coefficient (Wildman–Crippen LogP) is -0.801. The number of ether oxygens (including phenoxy) is 2. The van der Waals surface area contributed by atoms with E-state index in [2.05, 4.69) is 18.3 Å². The van der Waals surface area contributed by atoms with E-state index in [0.29, 0.717) is 0 Å². The molecule has 3 heterocycles. The van der Waals surface area contributed by atoms with Crippen LogP contribution in [0.5, 0.6) is 0 Å². The highest BCUT2D eigenvalue weighted by Crippen LogP contribution is 2.61. The Kier molecular flexibility index (Phi) is 8.07. The van der Waals surface area contributed by atoms with Crippen LogP contribution in [0.1, 0.15) is 38.5 Å². The van der Waals surface area contributed by atoms with Gasteiger partial charge >= 0.3 is 21.3 Å². The number of aliphatic hydroxyl groups is 2. The summed E-state index contributed by atoms with van der Waals surface area (Å²) in [5.41, 5.74) is -3.12. The molecule has 2 aliphatic rings. The summed E-state index contributed by atoms with van der Waals surface area (Å²) in [4.78, 5) is 57.1. The van der Waals surface area contributed by atoms with E-state index >= 15 is 0 Å². The summed E-state index contributed by atoms with van der Waals surface area (Å²) in [5, 5.41) is 20.2. The molecule has 0 aromatic carbocycles. The van der Waals surface area contributed by atoms with E-state index < -0.39 is 82.1 Å². The largest absolute Gasteiger partial charge is 0.483 e. The Labute approximate surface area is 197 Å². The van der Waals surface area contributed by atoms with Crippen LogP contribution in [-0.4, -0.2) is 72.1 Å². The number of hydrogen-bond acceptors (Lipinski definition) is 12. The fourth-order valence-corrected chi connectivity index (χ4v) is 5.73. The van der Waals surface area contributed by atoms with Crippen LogP contribution >= 0.6 is 15.6 Å². The molecule has 0 spiro atoms. The molecule has 16 nitrogen and oxygen atoms in total. The van der Waals surface area contributed by atoms with Crippen LogP contribution in [0.2, 0.25) is 0 Å². The van der Waals surface area contributed by atoms with Gasteiger partial charge in [-0.3, -0.25) is 28.2 Å². The van der Waals surface area contributed by atoms with E-state index in [1.807, 2.05) is 0 Å². The van der Waals surface area contributed by atoms with Gasteiger partial charge < -0.3 is 29.5 Å². The number of carbonyl (C=O) groups is 1. The molecule has 35 heavy (non-hydrogen) atoms. The fraction of sp³-hybridized carbons (Fsp3) is 0.706. The van der Waals surface area contributed by atoms with Gasteiger partial charge in [-0.25, -0.2) is 13.9 Å². The Morgan fingerprint density at radius 2 is 1.89 bits per heavy atom. The second-order valence-electron chi connectivity index (χ2n) is 8.38. The van der Waals surface area contributed by atoms with Gasteiger partial charge in [0, 0.05) is 24.6 Å². The molecule has 0 amide bonds. The van der Waals surface area contributed by atoms with E-state index in [1.165, 1.54) is 20.0 Å². The first kappa shape index (κ1) is 28.0. The number of nitrogens with one attached hydrogen (secondary N) is 1. The fourth-order valence-electron chi connectivity index (χ4n) is 3.59. The van der Waals surface area contributed by atoms with Crippen LogP contribution < -0.4 is 11.2 Å². The van der Waals surface area contributed by atoms with E-state index in [1.54, 1.807) is 0 Å². The van der Waals surface area contributed by atoms with E-state index in [0.717, 1.165) is 11.5 Å². The number of phosphoric acid groups is 2. The topological polar surface area (TPSA) is 233 Å². The lowest BCUT2D eigenvalue weighted by atomic mass is 9.91. The maximum Gasteiger partial charge on any atom is 0.483 e. The third kappa shape index (κ3) is 6.81. The van der Waals surface area contributed by atoms with Gasteiger partial charge in [0.25, 0.3) is 5.56 Å². The van der Waals surface area contributed by atoms with Gasteiger partial charge in [-0.1, -0.05) is 0 Å². The smallest absolute Gasteiger partial charge is 0.390 e. The van der Waals surface area contributed by atoms with Gasteiger partial charge in [-0.05, 0) is 20.8 Å². The number of H-pyrrole nitrogens is 1. The minimum atomic E-state index is -5.31. The average Bonchev–Trinajstić information content (AvgIpc) is 3.06. The molecule has 18 heteroatoms. The van der Waals surface area contributed by atoms with Gasteiger partial charge in [0.05, 0.1) is 12.7 Å². The normalized spacial score (nSPS) is 34.9. The predicted molar refractivity (Wildman–Crippen MR) is 113 cm³/mol. The van der Waals surface area contributed by atoms with Crippen LogP contribution in [0, 0.1) is 6.92 Å². The minimum Gasteiger partial charge on any atom is -0.390 e. The molecule has 8 unspecified atom stereocenters. The summed E-state index contributed by atoms with van der Waals surface area (Å²) < 4.78 is 49.5. The lowest BCUT2D eigenvalue weighted by molar-refractivity contribution is -0.201. The number of aromatic amines is 1. The van der Waals surface area contributed by atoms with Crippen molar-refractivity contribution in [1.82, 2.24) is 9.55 Å². The summed E-state index contributed by atoms with van der Waals surface area (Å²) in [7, 11) is -10.6. The molecule has 0 bridgehead atoms. The molecular weight excluding hydrogens is 518 g/mol. The minimum absolute atomic E-state index is 0.131. The average molecular weight is 544 g/mol. The number of nitrogens with zero attached hydrogens (tertiary/aromatic N) is 1. The molecule has 2 saturated heterocycles. The summed E-state index contributed by atoms with van der Waals surface area (Å²) in [6.45, 7) is 3.09. The number of Topliss-reactive ketones (excluding diaryl/α,β-unsaturated/α-hetero) is 1. The molecule has 0 aliphatic carbocycles. The van der Waals surface area contributed by atoms with Gasteiger partial charge in [-0.15, -0.1) is 0 Å². The Hall–Kier alpha value is -1.55. The van der Waals surface area contributed by atoms with Crippen LogP contribution in [0.15, 0.2) is 15.8 Å². The lowest BCUT2D eigenvalue weighted by Gasteiger charge is -2.36. The molecule has 2 aliphatic heterocycles. The van der Waals surface area contributed by atoms with Crippen molar-refractivity contribution in [2.24, 2.45) is 0 Å². The van der Waals surface area contributed by atoms with Gasteiger partial charge in [0.2, 0.25) is 0 Å². The zero-order chi connectivity index (χ0) is 26.3. The summed E-state index contributed by atoms with van der Waals surface area (Å²) in [6, 6.07) is 0. The number of phosphoric ester groups is 2. The van der Waals surface area contributed by atoms with Crippen LogP contribution in [0.25, 0.3) is 0 Å². The number of hydrogen-bond donors (Lipinski definition) is 5. The molecule has 0 saturated carbocycles. The summed E-state index contributed by atoms with van der Waals surface area (Å²) >= 11 is 0. The lowest BCUT2D eigenvalue weighted by Crippen LogP contribution is -2.51. The highest BCUT2D eigenvalue weighted by atomic mass is 31.3. The SMILES string of the molecule is Cc1cn(C2CC(O)C(COP(=O)(O)OP(=O)(O)OC3CC(C)(O)C(=O)C(C)O3)O2)c(=O)[nH]c1=O. The molecule has 1 aromatic heterocycles. The highest BCUT2D eigenvalue weighted by molar-refractivity contribution is 7.61. The molecule has 1 aromatic rings. The maximum absolute atomic E-state index is 12.2. The van der Waals surface area contributed by atoms with Gasteiger partial charge in [0.15, 0.2) is 12.1 Å². The molecule has 3 rings (SSSR count). The first-order valence-electron chi connectivity index (χ1n) is 10.3. The number of aliphatic hydroxyl groups excluding tert-OH is 1. The first-order valence-corrected chi connectivity index (χ1v) is 13.3. The second-order valence-corrected chi connectivity index (χ2v) is 11.4. The Morgan fingerprint density at radius 3 is 2.51 bits per heavy atom. The number of rotatable bonds is 8.